The lowest BCUT2D eigenvalue weighted by Crippen LogP contribution is -2.43. The molecule has 0 aliphatic heterocycles. The molecule has 0 aromatic heterocycles. The summed E-state index contributed by atoms with van der Waals surface area (Å²) in [5.41, 5.74) is 0. The zero-order valence-electron chi connectivity index (χ0n) is 11.5. The van der Waals surface area contributed by atoms with Crippen molar-refractivity contribution in [3.05, 3.63) is 0 Å². The maximum absolute atomic E-state index is 11.3. The van der Waals surface area contributed by atoms with Crippen molar-refractivity contribution in [2.75, 3.05) is 33.5 Å². The molecule has 0 heterocycles. The van der Waals surface area contributed by atoms with Crippen molar-refractivity contribution in [2.24, 2.45) is 5.92 Å². The number of carbonyl (C=O) groups excluding carboxylic acids is 2. The van der Waals surface area contributed by atoms with Gasteiger partial charge in [-0.25, -0.2) is 4.79 Å². The van der Waals surface area contributed by atoms with E-state index in [0.29, 0.717) is 25.7 Å². The topological polar surface area (TPSA) is 73.9 Å². The zero-order valence-corrected chi connectivity index (χ0v) is 11.5. The molecule has 6 heteroatoms. The van der Waals surface area contributed by atoms with Crippen LogP contribution in [0.1, 0.15) is 20.8 Å². The van der Waals surface area contributed by atoms with Gasteiger partial charge in [0.25, 0.3) is 0 Å². The fourth-order valence-electron chi connectivity index (χ4n) is 1.19. The van der Waals surface area contributed by atoms with E-state index in [0.717, 1.165) is 0 Å². The third-order valence-electron chi connectivity index (χ3n) is 1.97. The first-order valence-electron chi connectivity index (χ1n) is 5.97. The first-order valence-corrected chi connectivity index (χ1v) is 5.97. The van der Waals surface area contributed by atoms with E-state index in [-0.39, 0.29) is 12.5 Å². The lowest BCUT2D eigenvalue weighted by atomic mass is 10.2. The molecular weight excluding hydrogens is 238 g/mol. The molecule has 0 aromatic rings. The molecular formula is C12H23NO5. The minimum Gasteiger partial charge on any atom is -0.467 e. The summed E-state index contributed by atoms with van der Waals surface area (Å²) in [6.45, 7) is 7.05. The summed E-state index contributed by atoms with van der Waals surface area (Å²) < 4.78 is 15.1. The van der Waals surface area contributed by atoms with Gasteiger partial charge in [-0.05, 0) is 5.92 Å². The molecule has 0 aliphatic carbocycles. The zero-order chi connectivity index (χ0) is 14.0. The Hall–Kier alpha value is -1.14. The standard InChI is InChI=1S/C12H23NO5/c1-9(2)7-17-5-6-18-8-11(12(15)16-4)13-10(3)14/h9,11H,5-8H2,1-4H3,(H,13,14). The van der Waals surface area contributed by atoms with E-state index in [9.17, 15) is 9.59 Å². The molecule has 0 fully saturated rings. The van der Waals surface area contributed by atoms with Gasteiger partial charge in [0.15, 0.2) is 6.04 Å². The molecule has 1 atom stereocenters. The van der Waals surface area contributed by atoms with Gasteiger partial charge in [-0.3, -0.25) is 4.79 Å². The van der Waals surface area contributed by atoms with Crippen molar-refractivity contribution in [2.45, 2.75) is 26.8 Å². The monoisotopic (exact) mass is 261 g/mol. The van der Waals surface area contributed by atoms with E-state index in [2.05, 4.69) is 23.9 Å². The van der Waals surface area contributed by atoms with Gasteiger partial charge >= 0.3 is 5.97 Å². The fourth-order valence-corrected chi connectivity index (χ4v) is 1.19. The van der Waals surface area contributed by atoms with Gasteiger partial charge in [0, 0.05) is 13.5 Å². The van der Waals surface area contributed by atoms with Gasteiger partial charge < -0.3 is 19.5 Å². The molecule has 106 valence electrons. The van der Waals surface area contributed by atoms with Gasteiger partial charge in [-0.2, -0.15) is 0 Å². The quantitative estimate of drug-likeness (QED) is 0.479. The Balaban J connectivity index is 3.76. The van der Waals surface area contributed by atoms with E-state index < -0.39 is 12.0 Å². The summed E-state index contributed by atoms with van der Waals surface area (Å²) in [4.78, 5) is 22.2. The Bertz CT molecular complexity index is 255. The number of methoxy groups -OCH3 is 1. The van der Waals surface area contributed by atoms with Crippen LogP contribution in [0.3, 0.4) is 0 Å². The highest BCUT2D eigenvalue weighted by molar-refractivity contribution is 5.83. The summed E-state index contributed by atoms with van der Waals surface area (Å²) in [6.07, 6.45) is 0. The van der Waals surface area contributed by atoms with Crippen LogP contribution in [0.15, 0.2) is 0 Å². The highest BCUT2D eigenvalue weighted by Crippen LogP contribution is 1.94. The molecule has 6 nitrogen and oxygen atoms in total. The number of hydrogen-bond acceptors (Lipinski definition) is 5. The SMILES string of the molecule is COC(=O)C(COCCOCC(C)C)NC(C)=O. The van der Waals surface area contributed by atoms with Gasteiger partial charge in [0.2, 0.25) is 5.91 Å². The third-order valence-corrected chi connectivity index (χ3v) is 1.97. The Kier molecular flexibility index (Phi) is 9.22. The number of nitrogens with one attached hydrogen (secondary N) is 1. The molecule has 0 aromatic carbocycles. The third kappa shape index (κ3) is 8.95. The summed E-state index contributed by atoms with van der Waals surface area (Å²) in [7, 11) is 1.27. The minimum absolute atomic E-state index is 0.0806. The molecule has 0 bridgehead atoms. The molecule has 1 unspecified atom stereocenters. The highest BCUT2D eigenvalue weighted by Gasteiger charge is 2.19. The Morgan fingerprint density at radius 1 is 1.11 bits per heavy atom. The average Bonchev–Trinajstić information content (AvgIpc) is 2.30. The van der Waals surface area contributed by atoms with Crippen molar-refractivity contribution >= 4 is 11.9 Å². The van der Waals surface area contributed by atoms with Crippen LogP contribution in [-0.4, -0.2) is 51.5 Å². The molecule has 0 aliphatic rings. The lowest BCUT2D eigenvalue weighted by Gasteiger charge is -2.15. The average molecular weight is 261 g/mol. The second kappa shape index (κ2) is 9.85. The maximum Gasteiger partial charge on any atom is 0.330 e. The van der Waals surface area contributed by atoms with Crippen molar-refractivity contribution in [3.8, 4) is 0 Å². The first-order chi connectivity index (χ1) is 8.47. The van der Waals surface area contributed by atoms with Crippen LogP contribution in [0.5, 0.6) is 0 Å². The predicted octanol–water partition coefficient (Wildman–Crippen LogP) is 0.353. The summed E-state index contributed by atoms with van der Waals surface area (Å²) in [5, 5.41) is 2.46. The number of rotatable bonds is 9. The van der Waals surface area contributed by atoms with E-state index >= 15 is 0 Å². The minimum atomic E-state index is -0.766. The van der Waals surface area contributed by atoms with Crippen molar-refractivity contribution in [1.82, 2.24) is 5.32 Å². The van der Waals surface area contributed by atoms with E-state index in [1.165, 1.54) is 14.0 Å². The van der Waals surface area contributed by atoms with E-state index in [4.69, 9.17) is 9.47 Å². The molecule has 1 N–H and O–H groups in total. The predicted molar refractivity (Wildman–Crippen MR) is 66.1 cm³/mol. The smallest absolute Gasteiger partial charge is 0.330 e. The van der Waals surface area contributed by atoms with Gasteiger partial charge in [-0.1, -0.05) is 13.8 Å². The number of carbonyl (C=O) groups is 2. The molecule has 0 spiro atoms. The Morgan fingerprint density at radius 3 is 2.11 bits per heavy atom. The maximum atomic E-state index is 11.3. The van der Waals surface area contributed by atoms with Gasteiger partial charge in [0.05, 0.1) is 26.9 Å². The van der Waals surface area contributed by atoms with Crippen molar-refractivity contribution in [1.29, 1.82) is 0 Å². The normalized spacial score (nSPS) is 12.3. The molecule has 18 heavy (non-hydrogen) atoms. The molecule has 0 radical (unpaired) electrons. The lowest BCUT2D eigenvalue weighted by molar-refractivity contribution is -0.146. The largest absolute Gasteiger partial charge is 0.467 e. The van der Waals surface area contributed by atoms with Crippen LogP contribution >= 0.6 is 0 Å². The second-order valence-corrected chi connectivity index (χ2v) is 4.32. The molecule has 0 saturated carbocycles. The van der Waals surface area contributed by atoms with Crippen LogP contribution in [0, 0.1) is 5.92 Å². The van der Waals surface area contributed by atoms with Crippen LogP contribution in [-0.2, 0) is 23.8 Å². The van der Waals surface area contributed by atoms with Crippen LogP contribution < -0.4 is 5.32 Å². The first kappa shape index (κ1) is 16.9. The van der Waals surface area contributed by atoms with E-state index in [1.54, 1.807) is 0 Å². The summed E-state index contributed by atoms with van der Waals surface area (Å²) in [5.74, 6) is -0.342. The number of ether oxygens (including phenoxy) is 3. The number of hydrogen-bond donors (Lipinski definition) is 1. The second-order valence-electron chi connectivity index (χ2n) is 4.32. The Labute approximate surface area is 108 Å². The molecule has 1 amide bonds. The summed E-state index contributed by atoms with van der Waals surface area (Å²) in [6, 6.07) is -0.766. The number of amides is 1. The van der Waals surface area contributed by atoms with Crippen LogP contribution in [0.2, 0.25) is 0 Å². The van der Waals surface area contributed by atoms with Gasteiger partial charge in [-0.15, -0.1) is 0 Å². The van der Waals surface area contributed by atoms with Crippen molar-refractivity contribution < 1.29 is 23.8 Å². The molecule has 0 saturated heterocycles. The summed E-state index contributed by atoms with van der Waals surface area (Å²) >= 11 is 0. The van der Waals surface area contributed by atoms with Gasteiger partial charge in [0.1, 0.15) is 0 Å². The number of esters is 1. The van der Waals surface area contributed by atoms with Crippen molar-refractivity contribution in [3.63, 3.8) is 0 Å². The Morgan fingerprint density at radius 2 is 1.67 bits per heavy atom. The van der Waals surface area contributed by atoms with Crippen LogP contribution in [0.25, 0.3) is 0 Å². The highest BCUT2D eigenvalue weighted by atomic mass is 16.5. The van der Waals surface area contributed by atoms with E-state index in [1.807, 2.05) is 0 Å². The van der Waals surface area contributed by atoms with Crippen LogP contribution in [0.4, 0.5) is 0 Å². The molecule has 0 rings (SSSR count). The fraction of sp³-hybridized carbons (Fsp3) is 0.833.